The van der Waals surface area contributed by atoms with Gasteiger partial charge in [-0.2, -0.15) is 5.10 Å². The maximum absolute atomic E-state index is 13.4. The first kappa shape index (κ1) is 18.4. The zero-order chi connectivity index (χ0) is 20.4. The first-order chi connectivity index (χ1) is 14.0. The van der Waals surface area contributed by atoms with Crippen molar-refractivity contribution in [1.29, 1.82) is 0 Å². The summed E-state index contributed by atoms with van der Waals surface area (Å²) in [5, 5.41) is 16.6. The Balaban J connectivity index is 1.56. The lowest BCUT2D eigenvalue weighted by molar-refractivity contribution is -0.385. The normalized spacial score (nSPS) is 16.0. The summed E-state index contributed by atoms with van der Waals surface area (Å²) >= 11 is 0. The zero-order valence-electron chi connectivity index (χ0n) is 14.9. The lowest BCUT2D eigenvalue weighted by Crippen LogP contribution is -2.31. The van der Waals surface area contributed by atoms with Crippen LogP contribution in [0.3, 0.4) is 0 Å². The number of carbonyl (C=O) groups is 1. The molecule has 0 saturated heterocycles. The standard InChI is InChI=1S/C19H14FN3O6/c20-12-5-6-14(23(25)26)18(9-12)29-11-19(24)22-15(17-4-2-8-28-17)10-13(21-22)16-3-1-7-27-16/h1-9,15H,10-11H2/t15-/m0/s1. The van der Waals surface area contributed by atoms with Gasteiger partial charge in [-0.25, -0.2) is 9.40 Å². The first-order valence-electron chi connectivity index (χ1n) is 8.56. The molecule has 3 heterocycles. The highest BCUT2D eigenvalue weighted by atomic mass is 19.1. The highest BCUT2D eigenvalue weighted by Crippen LogP contribution is 2.33. The van der Waals surface area contributed by atoms with E-state index in [1.165, 1.54) is 17.5 Å². The van der Waals surface area contributed by atoms with Crippen LogP contribution in [0.1, 0.15) is 24.0 Å². The Bertz CT molecular complexity index is 1060. The molecular weight excluding hydrogens is 385 g/mol. The summed E-state index contributed by atoms with van der Waals surface area (Å²) in [4.78, 5) is 23.1. The minimum Gasteiger partial charge on any atom is -0.477 e. The van der Waals surface area contributed by atoms with E-state index >= 15 is 0 Å². The second-order valence-corrected chi connectivity index (χ2v) is 6.16. The average Bonchev–Trinajstić information content (AvgIpc) is 3.46. The number of carbonyl (C=O) groups excluding carboxylic acids is 1. The predicted molar refractivity (Wildman–Crippen MR) is 96.7 cm³/mol. The van der Waals surface area contributed by atoms with Gasteiger partial charge >= 0.3 is 5.69 Å². The summed E-state index contributed by atoms with van der Waals surface area (Å²) in [6.07, 6.45) is 3.33. The lowest BCUT2D eigenvalue weighted by atomic mass is 10.1. The Hall–Kier alpha value is -3.95. The smallest absolute Gasteiger partial charge is 0.311 e. The molecule has 9 nitrogen and oxygen atoms in total. The third kappa shape index (κ3) is 3.72. The van der Waals surface area contributed by atoms with Crippen LogP contribution in [0.2, 0.25) is 0 Å². The SMILES string of the molecule is O=C(COc1cc(F)ccc1[N+](=O)[O-])N1N=C(c2ccco2)C[C@H]1c1ccco1. The summed E-state index contributed by atoms with van der Waals surface area (Å²) in [6.45, 7) is -0.573. The Kier molecular flexibility index (Phi) is 4.82. The van der Waals surface area contributed by atoms with E-state index in [2.05, 4.69) is 5.10 Å². The second-order valence-electron chi connectivity index (χ2n) is 6.16. The van der Waals surface area contributed by atoms with E-state index in [1.807, 2.05) is 0 Å². The van der Waals surface area contributed by atoms with Gasteiger partial charge in [0.15, 0.2) is 6.61 Å². The highest BCUT2D eigenvalue weighted by molar-refractivity contribution is 6.01. The predicted octanol–water partition coefficient (Wildman–Crippen LogP) is 3.68. The van der Waals surface area contributed by atoms with Crippen molar-refractivity contribution in [3.05, 3.63) is 82.4 Å². The number of halogens is 1. The quantitative estimate of drug-likeness (QED) is 0.462. The van der Waals surface area contributed by atoms with Crippen LogP contribution in [0.15, 0.2) is 68.9 Å². The van der Waals surface area contributed by atoms with Crippen molar-refractivity contribution in [3.8, 4) is 5.75 Å². The Morgan fingerprint density at radius 2 is 2.07 bits per heavy atom. The molecule has 10 heteroatoms. The number of nitrogens with zero attached hydrogens (tertiary/aromatic N) is 3. The van der Waals surface area contributed by atoms with E-state index in [9.17, 15) is 19.3 Å². The third-order valence-corrected chi connectivity index (χ3v) is 4.31. The average molecular weight is 399 g/mol. The number of nitro benzene ring substituents is 1. The van der Waals surface area contributed by atoms with Crippen molar-refractivity contribution in [1.82, 2.24) is 5.01 Å². The number of rotatable bonds is 6. The second kappa shape index (κ2) is 7.58. The van der Waals surface area contributed by atoms with Crippen LogP contribution in [-0.4, -0.2) is 28.2 Å². The van der Waals surface area contributed by atoms with Gasteiger partial charge in [0.05, 0.1) is 17.4 Å². The van der Waals surface area contributed by atoms with Crippen LogP contribution in [0.4, 0.5) is 10.1 Å². The van der Waals surface area contributed by atoms with E-state index in [1.54, 1.807) is 24.3 Å². The van der Waals surface area contributed by atoms with Gasteiger partial charge in [-0.15, -0.1) is 0 Å². The van der Waals surface area contributed by atoms with E-state index in [-0.39, 0.29) is 5.75 Å². The molecule has 2 aromatic heterocycles. The maximum Gasteiger partial charge on any atom is 0.311 e. The van der Waals surface area contributed by atoms with E-state index < -0.39 is 35.0 Å². The van der Waals surface area contributed by atoms with Gasteiger partial charge in [-0.05, 0) is 30.3 Å². The molecule has 4 rings (SSSR count). The topological polar surface area (TPSA) is 111 Å². The summed E-state index contributed by atoms with van der Waals surface area (Å²) in [7, 11) is 0. The highest BCUT2D eigenvalue weighted by Gasteiger charge is 2.36. The van der Waals surface area contributed by atoms with Crippen LogP contribution in [0.5, 0.6) is 5.75 Å². The third-order valence-electron chi connectivity index (χ3n) is 4.31. The molecule has 0 unspecified atom stereocenters. The Morgan fingerprint density at radius 1 is 1.28 bits per heavy atom. The fourth-order valence-electron chi connectivity index (χ4n) is 2.99. The van der Waals surface area contributed by atoms with Crippen LogP contribution < -0.4 is 4.74 Å². The summed E-state index contributed by atoms with van der Waals surface area (Å²) in [5.74, 6) is -0.608. The molecule has 3 aromatic rings. The van der Waals surface area contributed by atoms with E-state index in [0.717, 1.165) is 18.2 Å². The lowest BCUT2D eigenvalue weighted by Gasteiger charge is -2.19. The minimum atomic E-state index is -0.717. The fraction of sp³-hybridized carbons (Fsp3) is 0.158. The molecule has 1 aliphatic heterocycles. The molecule has 1 atom stereocenters. The maximum atomic E-state index is 13.4. The largest absolute Gasteiger partial charge is 0.477 e. The molecule has 0 saturated carbocycles. The summed E-state index contributed by atoms with van der Waals surface area (Å²) in [5.41, 5.74) is 0.101. The number of hydrazone groups is 1. The molecule has 0 radical (unpaired) electrons. The minimum absolute atomic E-state index is 0.340. The number of amides is 1. The molecule has 1 aromatic carbocycles. The number of hydrogen-bond acceptors (Lipinski definition) is 7. The van der Waals surface area contributed by atoms with Crippen LogP contribution in [0.25, 0.3) is 0 Å². The Morgan fingerprint density at radius 3 is 2.76 bits per heavy atom. The number of ether oxygens (including phenoxy) is 1. The van der Waals surface area contributed by atoms with Gasteiger partial charge in [0.1, 0.15) is 29.1 Å². The fourth-order valence-corrected chi connectivity index (χ4v) is 2.99. The molecule has 29 heavy (non-hydrogen) atoms. The molecule has 0 fully saturated rings. The van der Waals surface area contributed by atoms with Crippen molar-refractivity contribution >= 4 is 17.3 Å². The monoisotopic (exact) mass is 399 g/mol. The van der Waals surface area contributed by atoms with Crippen molar-refractivity contribution < 1.29 is 27.7 Å². The molecule has 1 aliphatic rings. The number of nitro groups is 1. The number of furan rings is 2. The van der Waals surface area contributed by atoms with Crippen LogP contribution in [0, 0.1) is 15.9 Å². The first-order valence-corrected chi connectivity index (χ1v) is 8.56. The van der Waals surface area contributed by atoms with Gasteiger partial charge < -0.3 is 13.6 Å². The van der Waals surface area contributed by atoms with Crippen molar-refractivity contribution in [3.63, 3.8) is 0 Å². The van der Waals surface area contributed by atoms with E-state index in [0.29, 0.717) is 23.7 Å². The molecule has 148 valence electrons. The van der Waals surface area contributed by atoms with Crippen molar-refractivity contribution in [2.45, 2.75) is 12.5 Å². The number of hydrogen-bond donors (Lipinski definition) is 0. The summed E-state index contributed by atoms with van der Waals surface area (Å²) in [6, 6.07) is 9.08. The Labute approximate surface area is 163 Å². The molecule has 0 bridgehead atoms. The molecule has 0 aliphatic carbocycles. The van der Waals surface area contributed by atoms with Gasteiger partial charge in [0.2, 0.25) is 5.75 Å². The van der Waals surface area contributed by atoms with Crippen molar-refractivity contribution in [2.75, 3.05) is 6.61 Å². The molecular formula is C19H14FN3O6. The summed E-state index contributed by atoms with van der Waals surface area (Å²) < 4.78 is 29.5. The molecule has 0 spiro atoms. The zero-order valence-corrected chi connectivity index (χ0v) is 14.9. The number of benzene rings is 1. The van der Waals surface area contributed by atoms with Gasteiger partial charge in [0.25, 0.3) is 5.91 Å². The molecule has 0 N–H and O–H groups in total. The van der Waals surface area contributed by atoms with Gasteiger partial charge in [-0.1, -0.05) is 0 Å². The van der Waals surface area contributed by atoms with Crippen molar-refractivity contribution in [2.24, 2.45) is 5.10 Å². The molecule has 1 amide bonds. The van der Waals surface area contributed by atoms with Crippen LogP contribution in [-0.2, 0) is 4.79 Å². The van der Waals surface area contributed by atoms with E-state index in [4.69, 9.17) is 13.6 Å². The van der Waals surface area contributed by atoms with Gasteiger partial charge in [-0.3, -0.25) is 14.9 Å². The van der Waals surface area contributed by atoms with Crippen LogP contribution >= 0.6 is 0 Å². The van der Waals surface area contributed by atoms with Gasteiger partial charge in [0, 0.05) is 18.6 Å².